The lowest BCUT2D eigenvalue weighted by atomic mass is 10.0. The van der Waals surface area contributed by atoms with Gasteiger partial charge in [-0.3, -0.25) is 9.69 Å². The molecule has 0 spiro atoms. The molecule has 5 rings (SSSR count). The average molecular weight is 468 g/mol. The van der Waals surface area contributed by atoms with Crippen molar-refractivity contribution in [3.05, 3.63) is 95.3 Å². The molecule has 6 heteroatoms. The van der Waals surface area contributed by atoms with Crippen LogP contribution in [-0.4, -0.2) is 44.3 Å². The van der Waals surface area contributed by atoms with Crippen LogP contribution in [0.5, 0.6) is 0 Å². The van der Waals surface area contributed by atoms with Gasteiger partial charge in [0.1, 0.15) is 11.4 Å². The predicted molar refractivity (Wildman–Crippen MR) is 140 cm³/mol. The highest BCUT2D eigenvalue weighted by atomic mass is 16.2. The van der Waals surface area contributed by atoms with Crippen LogP contribution in [0.15, 0.2) is 72.9 Å². The van der Waals surface area contributed by atoms with Crippen LogP contribution in [0, 0.1) is 13.8 Å². The molecule has 3 heterocycles. The van der Waals surface area contributed by atoms with Gasteiger partial charge in [-0.25, -0.2) is 4.68 Å². The Morgan fingerprint density at radius 2 is 1.77 bits per heavy atom. The number of carbonyl (C=O) groups is 1. The minimum Gasteiger partial charge on any atom is -0.349 e. The lowest BCUT2D eigenvalue weighted by molar-refractivity contribution is 0.0901. The van der Waals surface area contributed by atoms with Crippen molar-refractivity contribution in [1.29, 1.82) is 0 Å². The maximum atomic E-state index is 13.6. The van der Waals surface area contributed by atoms with E-state index in [1.54, 1.807) is 0 Å². The molecule has 180 valence electrons. The predicted octanol–water partition coefficient (Wildman–Crippen LogP) is 4.89. The van der Waals surface area contributed by atoms with Crippen LogP contribution in [0.3, 0.4) is 0 Å². The molecule has 4 aromatic rings. The van der Waals surface area contributed by atoms with E-state index in [9.17, 15) is 4.79 Å². The maximum Gasteiger partial charge on any atom is 0.270 e. The van der Waals surface area contributed by atoms with E-state index in [0.717, 1.165) is 60.7 Å². The molecule has 1 amide bonds. The number of carbonyl (C=O) groups excluding carboxylic acids is 1. The molecule has 2 aromatic carbocycles. The number of aryl methyl sites for hydroxylation is 3. The van der Waals surface area contributed by atoms with Gasteiger partial charge in [-0.15, -0.1) is 0 Å². The number of rotatable bonds is 6. The fourth-order valence-electron chi connectivity index (χ4n) is 4.86. The Bertz CT molecular complexity index is 1310. The first kappa shape index (κ1) is 23.1. The third-order valence-corrected chi connectivity index (χ3v) is 6.91. The van der Waals surface area contributed by atoms with Crippen LogP contribution < -0.4 is 5.32 Å². The molecule has 0 radical (unpaired) electrons. The minimum absolute atomic E-state index is 0.0691. The Hall–Kier alpha value is -3.64. The van der Waals surface area contributed by atoms with Crippen molar-refractivity contribution in [2.75, 3.05) is 13.1 Å². The van der Waals surface area contributed by atoms with Gasteiger partial charge in [-0.1, -0.05) is 42.5 Å². The number of nitrogens with one attached hydrogen (secondary N) is 1. The normalized spacial score (nSPS) is 14.8. The summed E-state index contributed by atoms with van der Waals surface area (Å²) < 4.78 is 3.84. The second-order valence-corrected chi connectivity index (χ2v) is 9.63. The maximum absolute atomic E-state index is 13.6. The summed E-state index contributed by atoms with van der Waals surface area (Å²) in [7, 11) is 2.00. The second kappa shape index (κ2) is 9.92. The van der Waals surface area contributed by atoms with E-state index in [1.165, 1.54) is 5.56 Å². The summed E-state index contributed by atoms with van der Waals surface area (Å²) in [5.41, 5.74) is 6.84. The number of nitrogens with zero attached hydrogens (tertiary/aromatic N) is 4. The number of hydrogen-bond donors (Lipinski definition) is 1. The molecule has 1 saturated heterocycles. The molecular formula is C29H33N5O. The zero-order valence-electron chi connectivity index (χ0n) is 20.7. The highest BCUT2D eigenvalue weighted by Crippen LogP contribution is 2.25. The SMILES string of the molecule is Cc1ccc(C)c(-n2nc(-c3cccn3C)cc2C(=O)NC2CCN(Cc3ccccc3)CC2)c1. The molecule has 35 heavy (non-hydrogen) atoms. The largest absolute Gasteiger partial charge is 0.349 e. The van der Waals surface area contributed by atoms with Crippen molar-refractivity contribution in [3.63, 3.8) is 0 Å². The van der Waals surface area contributed by atoms with Crippen molar-refractivity contribution in [2.45, 2.75) is 39.3 Å². The third kappa shape index (κ3) is 5.08. The highest BCUT2D eigenvalue weighted by molar-refractivity contribution is 5.94. The van der Waals surface area contributed by atoms with Crippen molar-refractivity contribution in [3.8, 4) is 17.1 Å². The molecule has 0 saturated carbocycles. The van der Waals surface area contributed by atoms with E-state index in [4.69, 9.17) is 5.10 Å². The topological polar surface area (TPSA) is 55.1 Å². The smallest absolute Gasteiger partial charge is 0.270 e. The van der Waals surface area contributed by atoms with Crippen LogP contribution in [0.2, 0.25) is 0 Å². The van der Waals surface area contributed by atoms with Crippen molar-refractivity contribution < 1.29 is 4.79 Å². The Kier molecular flexibility index (Phi) is 6.55. The van der Waals surface area contributed by atoms with Gasteiger partial charge in [0, 0.05) is 38.9 Å². The molecule has 1 N–H and O–H groups in total. The zero-order chi connectivity index (χ0) is 24.4. The second-order valence-electron chi connectivity index (χ2n) is 9.63. The zero-order valence-corrected chi connectivity index (χ0v) is 20.7. The molecule has 0 unspecified atom stereocenters. The van der Waals surface area contributed by atoms with Gasteiger partial charge in [-0.2, -0.15) is 5.10 Å². The average Bonchev–Trinajstić information content (AvgIpc) is 3.49. The fourth-order valence-corrected chi connectivity index (χ4v) is 4.86. The number of hydrogen-bond acceptors (Lipinski definition) is 3. The molecule has 1 aliphatic rings. The summed E-state index contributed by atoms with van der Waals surface area (Å²) in [5.74, 6) is -0.0691. The first-order valence-corrected chi connectivity index (χ1v) is 12.3. The van der Waals surface area contributed by atoms with Crippen LogP contribution in [0.4, 0.5) is 0 Å². The fraction of sp³-hybridized carbons (Fsp3) is 0.310. The van der Waals surface area contributed by atoms with Crippen LogP contribution >= 0.6 is 0 Å². The van der Waals surface area contributed by atoms with Gasteiger partial charge in [0.25, 0.3) is 5.91 Å². The molecule has 2 aromatic heterocycles. The van der Waals surface area contributed by atoms with Crippen LogP contribution in [-0.2, 0) is 13.6 Å². The molecule has 0 aliphatic carbocycles. The molecule has 1 fully saturated rings. The van der Waals surface area contributed by atoms with E-state index in [-0.39, 0.29) is 11.9 Å². The van der Waals surface area contributed by atoms with E-state index in [1.807, 2.05) is 40.7 Å². The van der Waals surface area contributed by atoms with Gasteiger partial charge < -0.3 is 9.88 Å². The summed E-state index contributed by atoms with van der Waals surface area (Å²) in [6.45, 7) is 7.03. The third-order valence-electron chi connectivity index (χ3n) is 6.91. The molecule has 0 atom stereocenters. The number of piperidine rings is 1. The van der Waals surface area contributed by atoms with Crippen LogP contribution in [0.25, 0.3) is 17.1 Å². The Balaban J connectivity index is 1.35. The summed E-state index contributed by atoms with van der Waals surface area (Å²) in [5, 5.41) is 8.19. The number of likely N-dealkylation sites (tertiary alicyclic amines) is 1. The quantitative estimate of drug-likeness (QED) is 0.439. The summed E-state index contributed by atoms with van der Waals surface area (Å²) in [6, 6.07) is 22.9. The summed E-state index contributed by atoms with van der Waals surface area (Å²) in [6.07, 6.45) is 3.89. The van der Waals surface area contributed by atoms with Gasteiger partial charge in [-0.05, 0) is 67.6 Å². The monoisotopic (exact) mass is 467 g/mol. The summed E-state index contributed by atoms with van der Waals surface area (Å²) in [4.78, 5) is 16.0. The number of aromatic nitrogens is 3. The van der Waals surface area contributed by atoms with Gasteiger partial charge in [0.15, 0.2) is 0 Å². The van der Waals surface area contributed by atoms with Gasteiger partial charge >= 0.3 is 0 Å². The van der Waals surface area contributed by atoms with Crippen molar-refractivity contribution in [2.24, 2.45) is 7.05 Å². The van der Waals surface area contributed by atoms with E-state index in [2.05, 4.69) is 72.6 Å². The summed E-state index contributed by atoms with van der Waals surface area (Å²) >= 11 is 0. The Morgan fingerprint density at radius 3 is 2.49 bits per heavy atom. The lowest BCUT2D eigenvalue weighted by Crippen LogP contribution is -2.44. The number of amides is 1. The molecular weight excluding hydrogens is 434 g/mol. The van der Waals surface area contributed by atoms with E-state index in [0.29, 0.717) is 5.69 Å². The van der Waals surface area contributed by atoms with Crippen molar-refractivity contribution >= 4 is 5.91 Å². The molecule has 1 aliphatic heterocycles. The first-order chi connectivity index (χ1) is 17.0. The van der Waals surface area contributed by atoms with Crippen molar-refractivity contribution in [1.82, 2.24) is 24.6 Å². The Morgan fingerprint density at radius 1 is 1.00 bits per heavy atom. The van der Waals surface area contributed by atoms with E-state index < -0.39 is 0 Å². The lowest BCUT2D eigenvalue weighted by Gasteiger charge is -2.32. The van der Waals surface area contributed by atoms with Crippen LogP contribution in [0.1, 0.15) is 40.0 Å². The molecule has 6 nitrogen and oxygen atoms in total. The minimum atomic E-state index is -0.0691. The number of benzene rings is 2. The standard InChI is InChI=1S/C29H33N5O/c1-21-11-12-22(2)27(18-21)34-28(19-25(31-34)26-10-7-15-32(26)3)29(35)30-24-13-16-33(17-14-24)20-23-8-5-4-6-9-23/h4-12,15,18-19,24H,13-14,16-17,20H2,1-3H3,(H,30,35). The molecule has 0 bridgehead atoms. The van der Waals surface area contributed by atoms with Gasteiger partial charge in [0.05, 0.1) is 11.4 Å². The first-order valence-electron chi connectivity index (χ1n) is 12.3. The van der Waals surface area contributed by atoms with Gasteiger partial charge in [0.2, 0.25) is 0 Å². The Labute approximate surface area is 207 Å². The highest BCUT2D eigenvalue weighted by Gasteiger charge is 2.25. The van der Waals surface area contributed by atoms with E-state index >= 15 is 0 Å².